The number of carbonyl (C=O) groups is 2. The number of rotatable bonds is 3. The molecule has 138 valence electrons. The fraction of sp³-hybridized carbons (Fsp3) is 0.579. The van der Waals surface area contributed by atoms with Crippen LogP contribution in [0.15, 0.2) is 24.3 Å². The number of carbonyl (C=O) groups excluding carboxylic acids is 2. The van der Waals surface area contributed by atoms with E-state index in [1.165, 1.54) is 7.11 Å². The number of piperidine rings is 1. The van der Waals surface area contributed by atoms with E-state index in [1.807, 2.05) is 20.8 Å². The molecule has 1 heterocycles. The molecule has 1 unspecified atom stereocenters. The highest BCUT2D eigenvalue weighted by Gasteiger charge is 2.30. The van der Waals surface area contributed by atoms with Gasteiger partial charge in [-0.2, -0.15) is 0 Å². The molecule has 0 bridgehead atoms. The molecule has 1 aliphatic heterocycles. The lowest BCUT2D eigenvalue weighted by Crippen LogP contribution is -2.42. The number of benzene rings is 1. The highest BCUT2D eigenvalue weighted by atomic mass is 16.6. The van der Waals surface area contributed by atoms with Gasteiger partial charge in [0.15, 0.2) is 0 Å². The molecular weight excluding hydrogens is 322 g/mol. The molecule has 0 saturated carbocycles. The van der Waals surface area contributed by atoms with Crippen LogP contribution in [0.3, 0.4) is 0 Å². The van der Waals surface area contributed by atoms with Crippen molar-refractivity contribution in [1.82, 2.24) is 4.90 Å². The van der Waals surface area contributed by atoms with Gasteiger partial charge in [-0.25, -0.2) is 9.59 Å². The highest BCUT2D eigenvalue weighted by Crippen LogP contribution is 2.31. The first-order valence-corrected chi connectivity index (χ1v) is 8.55. The molecule has 1 N–H and O–H groups in total. The number of nitrogens with zero attached hydrogens (tertiary/aromatic N) is 1. The lowest BCUT2D eigenvalue weighted by Gasteiger charge is -2.35. The van der Waals surface area contributed by atoms with E-state index in [4.69, 9.17) is 9.47 Å². The molecule has 1 aromatic rings. The van der Waals surface area contributed by atoms with Gasteiger partial charge in [-0.05, 0) is 57.2 Å². The first-order valence-electron chi connectivity index (χ1n) is 8.55. The summed E-state index contributed by atoms with van der Waals surface area (Å²) in [5.41, 5.74) is 0.603. The molecule has 25 heavy (non-hydrogen) atoms. The number of methoxy groups -OCH3 is 1. The average molecular weight is 349 g/mol. The molecule has 1 saturated heterocycles. The Kier molecular flexibility index (Phi) is 6.06. The summed E-state index contributed by atoms with van der Waals surface area (Å²) in [6.45, 7) is 6.63. The number of hydrogen-bond donors (Lipinski definition) is 1. The molecule has 0 aliphatic carbocycles. The Labute approximate surface area is 148 Å². The third kappa shape index (κ3) is 5.19. The van der Waals surface area contributed by atoms with Crippen molar-refractivity contribution in [2.24, 2.45) is 5.92 Å². The minimum absolute atomic E-state index is 0.0339. The zero-order valence-corrected chi connectivity index (χ0v) is 15.3. The first-order chi connectivity index (χ1) is 11.7. The minimum atomic E-state index is -0.676. The van der Waals surface area contributed by atoms with E-state index in [0.29, 0.717) is 37.1 Å². The molecule has 6 heteroatoms. The van der Waals surface area contributed by atoms with Gasteiger partial charge in [0.1, 0.15) is 5.60 Å². The fourth-order valence-corrected chi connectivity index (χ4v) is 2.96. The van der Waals surface area contributed by atoms with Gasteiger partial charge in [-0.15, -0.1) is 0 Å². The predicted molar refractivity (Wildman–Crippen MR) is 93.3 cm³/mol. The molecule has 1 aromatic carbocycles. The van der Waals surface area contributed by atoms with Gasteiger partial charge in [0, 0.05) is 13.1 Å². The van der Waals surface area contributed by atoms with Crippen molar-refractivity contribution in [3.05, 3.63) is 35.4 Å². The number of esters is 1. The Morgan fingerprint density at radius 2 is 1.88 bits per heavy atom. The number of hydrogen-bond acceptors (Lipinski definition) is 5. The third-order valence-electron chi connectivity index (χ3n) is 4.29. The second kappa shape index (κ2) is 7.87. The van der Waals surface area contributed by atoms with Gasteiger partial charge in [-0.1, -0.05) is 12.1 Å². The Morgan fingerprint density at radius 1 is 1.24 bits per heavy atom. The molecule has 1 aliphatic rings. The van der Waals surface area contributed by atoms with Crippen LogP contribution in [0.2, 0.25) is 0 Å². The Hall–Kier alpha value is -2.08. The summed E-state index contributed by atoms with van der Waals surface area (Å²) in [7, 11) is 1.33. The Morgan fingerprint density at radius 3 is 2.44 bits per heavy atom. The maximum Gasteiger partial charge on any atom is 0.410 e. The Bertz CT molecular complexity index is 614. The van der Waals surface area contributed by atoms with Gasteiger partial charge >= 0.3 is 12.1 Å². The van der Waals surface area contributed by atoms with E-state index in [9.17, 15) is 14.7 Å². The molecule has 0 aromatic heterocycles. The maximum absolute atomic E-state index is 12.1. The molecule has 0 spiro atoms. The summed E-state index contributed by atoms with van der Waals surface area (Å²) < 4.78 is 10.1. The van der Waals surface area contributed by atoms with Crippen molar-refractivity contribution in [3.8, 4) is 0 Å². The van der Waals surface area contributed by atoms with Crippen LogP contribution in [0, 0.1) is 5.92 Å². The van der Waals surface area contributed by atoms with Crippen LogP contribution in [-0.2, 0) is 9.47 Å². The van der Waals surface area contributed by atoms with Crippen molar-refractivity contribution in [3.63, 3.8) is 0 Å². The molecule has 1 amide bonds. The quantitative estimate of drug-likeness (QED) is 0.848. The van der Waals surface area contributed by atoms with Gasteiger partial charge in [0.2, 0.25) is 0 Å². The molecular formula is C19H27NO5. The van der Waals surface area contributed by atoms with E-state index < -0.39 is 17.7 Å². The first kappa shape index (κ1) is 19.2. The average Bonchev–Trinajstić information content (AvgIpc) is 2.59. The molecule has 1 fully saturated rings. The largest absolute Gasteiger partial charge is 0.465 e. The second-order valence-corrected chi connectivity index (χ2v) is 7.37. The maximum atomic E-state index is 12.1. The van der Waals surface area contributed by atoms with Crippen LogP contribution < -0.4 is 0 Å². The van der Waals surface area contributed by atoms with Gasteiger partial charge in [0.25, 0.3) is 0 Å². The smallest absolute Gasteiger partial charge is 0.410 e. The van der Waals surface area contributed by atoms with Crippen molar-refractivity contribution in [2.75, 3.05) is 20.2 Å². The Balaban J connectivity index is 1.96. The van der Waals surface area contributed by atoms with Crippen molar-refractivity contribution >= 4 is 12.1 Å². The topological polar surface area (TPSA) is 76.1 Å². The lowest BCUT2D eigenvalue weighted by molar-refractivity contribution is 0.00762. The summed E-state index contributed by atoms with van der Waals surface area (Å²) in [4.78, 5) is 25.4. The molecule has 6 nitrogen and oxygen atoms in total. The van der Waals surface area contributed by atoms with Gasteiger partial charge < -0.3 is 19.5 Å². The van der Waals surface area contributed by atoms with Crippen LogP contribution in [0.4, 0.5) is 4.79 Å². The number of amides is 1. The van der Waals surface area contributed by atoms with E-state index in [0.717, 1.165) is 0 Å². The SMILES string of the molecule is COC(=O)c1cccc(C(O)C2CCN(C(=O)OC(C)(C)C)CC2)c1. The lowest BCUT2D eigenvalue weighted by atomic mass is 9.87. The number of ether oxygens (including phenoxy) is 2. The van der Waals surface area contributed by atoms with Crippen LogP contribution in [0.25, 0.3) is 0 Å². The van der Waals surface area contributed by atoms with Gasteiger partial charge in [0.05, 0.1) is 18.8 Å². The van der Waals surface area contributed by atoms with Crippen LogP contribution in [0.1, 0.15) is 55.6 Å². The second-order valence-electron chi connectivity index (χ2n) is 7.37. The van der Waals surface area contributed by atoms with Crippen molar-refractivity contribution < 1.29 is 24.2 Å². The monoisotopic (exact) mass is 349 g/mol. The van der Waals surface area contributed by atoms with Crippen LogP contribution in [-0.4, -0.2) is 47.9 Å². The predicted octanol–water partition coefficient (Wildman–Crippen LogP) is 3.15. The standard InChI is InChI=1S/C19H27NO5/c1-19(2,3)25-18(23)20-10-8-13(9-11-20)16(21)14-6-5-7-15(12-14)17(22)24-4/h5-7,12-13,16,21H,8-11H2,1-4H3. The van der Waals surface area contributed by atoms with Crippen LogP contribution in [0.5, 0.6) is 0 Å². The zero-order chi connectivity index (χ0) is 18.6. The zero-order valence-electron chi connectivity index (χ0n) is 15.3. The van der Waals surface area contributed by atoms with E-state index in [1.54, 1.807) is 29.2 Å². The minimum Gasteiger partial charge on any atom is -0.465 e. The summed E-state index contributed by atoms with van der Waals surface area (Å²) in [6.07, 6.45) is 0.379. The molecule has 0 radical (unpaired) electrons. The van der Waals surface area contributed by atoms with E-state index in [2.05, 4.69) is 0 Å². The fourth-order valence-electron chi connectivity index (χ4n) is 2.96. The normalized spacial score (nSPS) is 17.1. The highest BCUT2D eigenvalue weighted by molar-refractivity contribution is 5.89. The van der Waals surface area contributed by atoms with E-state index in [-0.39, 0.29) is 12.0 Å². The summed E-state index contributed by atoms with van der Waals surface area (Å²) in [5.74, 6) is -0.389. The molecule has 1 atom stereocenters. The van der Waals surface area contributed by atoms with Crippen molar-refractivity contribution in [1.29, 1.82) is 0 Å². The summed E-state index contributed by atoms with van der Waals surface area (Å²) in [6, 6.07) is 6.86. The third-order valence-corrected chi connectivity index (χ3v) is 4.29. The number of aliphatic hydroxyl groups excluding tert-OH is 1. The van der Waals surface area contributed by atoms with Crippen molar-refractivity contribution in [2.45, 2.75) is 45.3 Å². The van der Waals surface area contributed by atoms with Gasteiger partial charge in [-0.3, -0.25) is 0 Å². The van der Waals surface area contributed by atoms with E-state index >= 15 is 0 Å². The number of aliphatic hydroxyl groups is 1. The molecule has 2 rings (SSSR count). The summed E-state index contributed by atoms with van der Waals surface area (Å²) in [5, 5.41) is 10.6. The summed E-state index contributed by atoms with van der Waals surface area (Å²) >= 11 is 0. The van der Waals surface area contributed by atoms with Crippen LogP contribution >= 0.6 is 0 Å². The number of likely N-dealkylation sites (tertiary alicyclic amines) is 1.